The third-order valence-electron chi connectivity index (χ3n) is 3.36. The Morgan fingerprint density at radius 3 is 1.78 bits per heavy atom. The van der Waals surface area contributed by atoms with Crippen LogP contribution in [0.15, 0.2) is 84.1 Å². The number of allylic oxidation sites excluding steroid dienone is 11. The van der Waals surface area contributed by atoms with Crippen molar-refractivity contribution in [3.63, 3.8) is 0 Å². The summed E-state index contributed by atoms with van der Waals surface area (Å²) < 4.78 is 0. The molecule has 23 heavy (non-hydrogen) atoms. The van der Waals surface area contributed by atoms with E-state index in [0.29, 0.717) is 5.92 Å². The van der Waals surface area contributed by atoms with Crippen LogP contribution in [-0.2, 0) is 0 Å². The summed E-state index contributed by atoms with van der Waals surface area (Å²) in [5.41, 5.74) is 6.26. The molecule has 1 unspecified atom stereocenters. The predicted molar refractivity (Wildman–Crippen MR) is 110 cm³/mol. The van der Waals surface area contributed by atoms with E-state index in [0.717, 1.165) is 12.0 Å². The van der Waals surface area contributed by atoms with Crippen molar-refractivity contribution >= 4 is 0 Å². The first-order valence-electron chi connectivity index (χ1n) is 8.75. The van der Waals surface area contributed by atoms with Crippen molar-refractivity contribution in [3.8, 4) is 0 Å². The SMILES string of the molecule is C=CCC1C(C=C)=C(/C=C\C)C(/C=C\C)=C1C(=C)C.CC.CC. The zero-order valence-electron chi connectivity index (χ0n) is 16.4. The topological polar surface area (TPSA) is 0 Å². The molecule has 128 valence electrons. The van der Waals surface area contributed by atoms with Crippen molar-refractivity contribution < 1.29 is 0 Å². The highest BCUT2D eigenvalue weighted by atomic mass is 14.3. The third-order valence-corrected chi connectivity index (χ3v) is 3.36. The van der Waals surface area contributed by atoms with Crippen LogP contribution < -0.4 is 0 Å². The second-order valence-electron chi connectivity index (χ2n) is 4.76. The van der Waals surface area contributed by atoms with E-state index in [1.165, 1.54) is 22.3 Å². The van der Waals surface area contributed by atoms with Crippen LogP contribution in [0.4, 0.5) is 0 Å². The molecule has 0 aromatic carbocycles. The summed E-state index contributed by atoms with van der Waals surface area (Å²) in [5, 5.41) is 0. The van der Waals surface area contributed by atoms with Crippen LogP contribution in [0.3, 0.4) is 0 Å². The van der Waals surface area contributed by atoms with E-state index in [-0.39, 0.29) is 0 Å². The normalized spacial score (nSPS) is 16.9. The molecule has 0 bridgehead atoms. The van der Waals surface area contributed by atoms with Crippen LogP contribution in [0.2, 0.25) is 0 Å². The van der Waals surface area contributed by atoms with Gasteiger partial charge in [-0.2, -0.15) is 0 Å². The fourth-order valence-electron chi connectivity index (χ4n) is 2.72. The lowest BCUT2D eigenvalue weighted by atomic mass is 9.88. The molecular weight excluding hydrogens is 276 g/mol. The van der Waals surface area contributed by atoms with Gasteiger partial charge in [0.25, 0.3) is 0 Å². The Kier molecular flexibility index (Phi) is 14.1. The molecule has 0 radical (unpaired) electrons. The minimum absolute atomic E-state index is 0.338. The standard InChI is InChI=1S/C19H24.2C2H6/c1-7-11-16-15(10-4)17(12-8-2)19(14(5)6)18(16)13-9-3;2*1-2/h7-11,13,17H,2,4-5,12H2,1,3,6H3;2*1-2H3/b11-7-,13-9-;;. The zero-order valence-corrected chi connectivity index (χ0v) is 16.4. The van der Waals surface area contributed by atoms with E-state index in [9.17, 15) is 0 Å². The first-order chi connectivity index (χ1) is 11.1. The molecule has 0 aliphatic heterocycles. The monoisotopic (exact) mass is 312 g/mol. The van der Waals surface area contributed by atoms with Crippen molar-refractivity contribution in [2.75, 3.05) is 0 Å². The number of hydrogen-bond acceptors (Lipinski definition) is 0. The third kappa shape index (κ3) is 6.06. The maximum absolute atomic E-state index is 4.15. The Hall–Kier alpha value is -1.82. The largest absolute Gasteiger partial charge is 0.103 e. The highest BCUT2D eigenvalue weighted by Gasteiger charge is 2.29. The fraction of sp³-hybridized carbons (Fsp3) is 0.391. The summed E-state index contributed by atoms with van der Waals surface area (Å²) in [6.07, 6.45) is 13.4. The van der Waals surface area contributed by atoms with E-state index in [1.807, 2.05) is 53.7 Å². The molecule has 0 heterocycles. The second-order valence-corrected chi connectivity index (χ2v) is 4.76. The molecule has 0 nitrogen and oxygen atoms in total. The first-order valence-corrected chi connectivity index (χ1v) is 8.75. The van der Waals surface area contributed by atoms with Gasteiger partial charge in [-0.1, -0.05) is 82.9 Å². The second kappa shape index (κ2) is 13.8. The average Bonchev–Trinajstić information content (AvgIpc) is 2.85. The van der Waals surface area contributed by atoms with Gasteiger partial charge in [-0.3, -0.25) is 0 Å². The van der Waals surface area contributed by atoms with Gasteiger partial charge in [0.15, 0.2) is 0 Å². The predicted octanol–water partition coefficient (Wildman–Crippen LogP) is 7.75. The molecule has 0 fully saturated rings. The van der Waals surface area contributed by atoms with E-state index >= 15 is 0 Å². The molecule has 0 heteroatoms. The molecule has 1 rings (SSSR count). The molecule has 1 aliphatic rings. The Morgan fingerprint density at radius 2 is 1.43 bits per heavy atom. The Morgan fingerprint density at radius 1 is 0.957 bits per heavy atom. The van der Waals surface area contributed by atoms with Crippen LogP contribution in [0.1, 0.15) is 54.9 Å². The molecular formula is C23H36. The lowest BCUT2D eigenvalue weighted by molar-refractivity contribution is 0.764. The van der Waals surface area contributed by atoms with E-state index in [2.05, 4.69) is 51.0 Å². The zero-order chi connectivity index (χ0) is 18.4. The summed E-state index contributed by atoms with van der Waals surface area (Å²) in [6, 6.07) is 0. The van der Waals surface area contributed by atoms with Gasteiger partial charge < -0.3 is 0 Å². The van der Waals surface area contributed by atoms with Crippen LogP contribution in [0, 0.1) is 5.92 Å². The maximum atomic E-state index is 4.15. The smallest absolute Gasteiger partial charge is 0.0138 e. The van der Waals surface area contributed by atoms with Crippen molar-refractivity contribution in [1.29, 1.82) is 0 Å². The molecule has 0 spiro atoms. The van der Waals surface area contributed by atoms with Crippen molar-refractivity contribution in [3.05, 3.63) is 84.1 Å². The van der Waals surface area contributed by atoms with Gasteiger partial charge in [0.2, 0.25) is 0 Å². The highest BCUT2D eigenvalue weighted by Crippen LogP contribution is 2.44. The molecule has 0 saturated carbocycles. The minimum atomic E-state index is 0.338. The van der Waals surface area contributed by atoms with Gasteiger partial charge in [-0.05, 0) is 49.5 Å². The quantitative estimate of drug-likeness (QED) is 0.440. The summed E-state index contributed by atoms with van der Waals surface area (Å²) >= 11 is 0. The Balaban J connectivity index is 0. The molecule has 0 aromatic rings. The molecule has 0 aromatic heterocycles. The summed E-state index contributed by atoms with van der Waals surface area (Å²) in [5.74, 6) is 0.338. The highest BCUT2D eigenvalue weighted by molar-refractivity contribution is 5.65. The lowest BCUT2D eigenvalue weighted by Crippen LogP contribution is -2.03. The average molecular weight is 313 g/mol. The maximum Gasteiger partial charge on any atom is 0.0138 e. The summed E-state index contributed by atoms with van der Waals surface area (Å²) in [4.78, 5) is 0. The van der Waals surface area contributed by atoms with Crippen molar-refractivity contribution in [2.24, 2.45) is 5.92 Å². The van der Waals surface area contributed by atoms with E-state index in [4.69, 9.17) is 0 Å². The minimum Gasteiger partial charge on any atom is -0.103 e. The fourth-order valence-corrected chi connectivity index (χ4v) is 2.72. The van der Waals surface area contributed by atoms with Crippen LogP contribution in [-0.4, -0.2) is 0 Å². The van der Waals surface area contributed by atoms with Gasteiger partial charge in [-0.25, -0.2) is 0 Å². The molecule has 0 amide bonds. The summed E-state index contributed by atoms with van der Waals surface area (Å²) in [6.45, 7) is 26.2. The first kappa shape index (κ1) is 23.4. The Labute approximate surface area is 145 Å². The van der Waals surface area contributed by atoms with E-state index < -0.39 is 0 Å². The molecule has 0 N–H and O–H groups in total. The number of hydrogen-bond donors (Lipinski definition) is 0. The van der Waals surface area contributed by atoms with E-state index in [1.54, 1.807) is 0 Å². The number of rotatable bonds is 6. The van der Waals surface area contributed by atoms with Crippen molar-refractivity contribution in [1.82, 2.24) is 0 Å². The summed E-state index contributed by atoms with van der Waals surface area (Å²) in [7, 11) is 0. The molecule has 1 aliphatic carbocycles. The molecule has 0 saturated heterocycles. The van der Waals surface area contributed by atoms with Crippen LogP contribution >= 0.6 is 0 Å². The lowest BCUT2D eigenvalue weighted by Gasteiger charge is -2.16. The molecule has 1 atom stereocenters. The van der Waals surface area contributed by atoms with Crippen LogP contribution in [0.5, 0.6) is 0 Å². The van der Waals surface area contributed by atoms with Gasteiger partial charge in [0, 0.05) is 5.92 Å². The van der Waals surface area contributed by atoms with Crippen molar-refractivity contribution in [2.45, 2.75) is 54.9 Å². The Bertz CT molecular complexity index is 504. The van der Waals surface area contributed by atoms with Gasteiger partial charge in [0.05, 0.1) is 0 Å². The van der Waals surface area contributed by atoms with Gasteiger partial charge in [0.1, 0.15) is 0 Å². The van der Waals surface area contributed by atoms with Gasteiger partial charge in [-0.15, -0.1) is 6.58 Å². The van der Waals surface area contributed by atoms with Crippen LogP contribution in [0.25, 0.3) is 0 Å². The van der Waals surface area contributed by atoms with Gasteiger partial charge >= 0.3 is 0 Å².